The summed E-state index contributed by atoms with van der Waals surface area (Å²) in [6.07, 6.45) is 20.3. The van der Waals surface area contributed by atoms with Crippen LogP contribution in [0.4, 0.5) is 0 Å². The molecule has 3 N–H and O–H groups in total. The SMILES string of the molecule is C=C1C(=CC=C2CCC[C@@]3(C)C2CC[C@@H]3[C@H](C)C=CC=CC(O)(CC)CC)C[C@@H](O)C[C@@H]1O. The molecule has 0 saturated heterocycles. The minimum atomic E-state index is -0.689. The molecule has 184 valence electrons. The standard InChI is InChI=1S/C30H46O3/c1-6-30(33,7-2)18-9-8-11-21(3)26-15-16-27-23(12-10-17-29(26,27)5)13-14-24-19-25(31)20-28(32)22(24)4/h8-9,11,13-14,18,21,25-28,31-33H,4,6-7,10,12,15-17,19-20H2,1-3,5H3/t21-,25-,26-,27?,28+,29-/m1/s1. The molecule has 3 aliphatic rings. The average Bonchev–Trinajstić information content (AvgIpc) is 3.15. The average molecular weight is 455 g/mol. The normalized spacial score (nSPS) is 36.9. The molecule has 3 heteroatoms. The van der Waals surface area contributed by atoms with E-state index in [-0.39, 0.29) is 0 Å². The van der Waals surface area contributed by atoms with E-state index in [1.165, 1.54) is 31.3 Å². The molecule has 3 fully saturated rings. The van der Waals surface area contributed by atoms with Gasteiger partial charge >= 0.3 is 0 Å². The van der Waals surface area contributed by atoms with Gasteiger partial charge in [0, 0.05) is 6.42 Å². The van der Waals surface area contributed by atoms with Crippen molar-refractivity contribution >= 4 is 0 Å². The lowest BCUT2D eigenvalue weighted by Crippen LogP contribution is -2.35. The fourth-order valence-electron chi connectivity index (χ4n) is 6.70. The van der Waals surface area contributed by atoms with E-state index in [9.17, 15) is 15.3 Å². The topological polar surface area (TPSA) is 60.7 Å². The van der Waals surface area contributed by atoms with Crippen molar-refractivity contribution in [3.8, 4) is 0 Å². The highest BCUT2D eigenvalue weighted by atomic mass is 16.3. The molecule has 1 unspecified atom stereocenters. The maximum absolute atomic E-state index is 10.5. The van der Waals surface area contributed by atoms with E-state index in [0.29, 0.717) is 36.0 Å². The van der Waals surface area contributed by atoms with Gasteiger partial charge in [0.25, 0.3) is 0 Å². The van der Waals surface area contributed by atoms with Crippen molar-refractivity contribution in [2.45, 2.75) is 103 Å². The van der Waals surface area contributed by atoms with Gasteiger partial charge in [-0.1, -0.05) is 76.3 Å². The van der Waals surface area contributed by atoms with E-state index in [0.717, 1.165) is 30.4 Å². The number of aliphatic hydroxyl groups is 3. The Hall–Kier alpha value is -1.42. The zero-order chi connectivity index (χ0) is 24.2. The molecule has 0 aromatic carbocycles. The maximum Gasteiger partial charge on any atom is 0.0825 e. The van der Waals surface area contributed by atoms with Gasteiger partial charge in [0.15, 0.2) is 0 Å². The van der Waals surface area contributed by atoms with E-state index < -0.39 is 17.8 Å². The molecule has 3 nitrogen and oxygen atoms in total. The first-order chi connectivity index (χ1) is 15.6. The van der Waals surface area contributed by atoms with E-state index in [1.807, 2.05) is 26.0 Å². The second kappa shape index (κ2) is 10.9. The Balaban J connectivity index is 1.72. The largest absolute Gasteiger partial charge is 0.393 e. The lowest BCUT2D eigenvalue weighted by molar-refractivity contribution is 0.0827. The molecule has 33 heavy (non-hydrogen) atoms. The Labute approximate surface area is 201 Å². The Bertz CT molecular complexity index is 812. The van der Waals surface area contributed by atoms with Crippen LogP contribution in [0.3, 0.4) is 0 Å². The molecule has 0 aromatic rings. The second-order valence-corrected chi connectivity index (χ2v) is 11.1. The van der Waals surface area contributed by atoms with Gasteiger partial charge in [-0.2, -0.15) is 0 Å². The van der Waals surface area contributed by atoms with Crippen LogP contribution in [-0.2, 0) is 0 Å². The summed E-state index contributed by atoms with van der Waals surface area (Å²) in [6.45, 7) is 13.0. The molecule has 0 aliphatic heterocycles. The quantitative estimate of drug-likeness (QED) is 0.389. The lowest BCUT2D eigenvalue weighted by atomic mass is 9.61. The summed E-state index contributed by atoms with van der Waals surface area (Å²) >= 11 is 0. The summed E-state index contributed by atoms with van der Waals surface area (Å²) in [7, 11) is 0. The molecule has 0 spiro atoms. The number of hydrogen-bond acceptors (Lipinski definition) is 3. The van der Waals surface area contributed by atoms with Crippen molar-refractivity contribution in [1.82, 2.24) is 0 Å². The van der Waals surface area contributed by atoms with Gasteiger partial charge in [-0.3, -0.25) is 0 Å². The monoisotopic (exact) mass is 454 g/mol. The highest BCUT2D eigenvalue weighted by molar-refractivity contribution is 5.38. The van der Waals surface area contributed by atoms with Crippen LogP contribution in [-0.4, -0.2) is 33.1 Å². The van der Waals surface area contributed by atoms with E-state index in [2.05, 4.69) is 44.7 Å². The fourth-order valence-corrected chi connectivity index (χ4v) is 6.70. The molecule has 3 saturated carbocycles. The first-order valence-electron chi connectivity index (χ1n) is 13.2. The summed E-state index contributed by atoms with van der Waals surface area (Å²) in [5.41, 5.74) is 2.92. The minimum Gasteiger partial charge on any atom is -0.393 e. The smallest absolute Gasteiger partial charge is 0.0825 e. The summed E-state index contributed by atoms with van der Waals surface area (Å²) < 4.78 is 0. The van der Waals surface area contributed by atoms with Gasteiger partial charge in [-0.15, -0.1) is 0 Å². The second-order valence-electron chi connectivity index (χ2n) is 11.1. The van der Waals surface area contributed by atoms with Crippen molar-refractivity contribution in [2.24, 2.45) is 23.2 Å². The molecule has 3 rings (SSSR count). The first-order valence-corrected chi connectivity index (χ1v) is 13.2. The van der Waals surface area contributed by atoms with E-state index >= 15 is 0 Å². The lowest BCUT2D eigenvalue weighted by Gasteiger charge is -2.44. The van der Waals surface area contributed by atoms with Crippen molar-refractivity contribution in [1.29, 1.82) is 0 Å². The zero-order valence-corrected chi connectivity index (χ0v) is 21.3. The highest BCUT2D eigenvalue weighted by Gasteiger charge is 2.50. The number of aliphatic hydroxyl groups excluding tert-OH is 2. The van der Waals surface area contributed by atoms with Crippen LogP contribution in [0.5, 0.6) is 0 Å². The van der Waals surface area contributed by atoms with Gasteiger partial charge in [-0.25, -0.2) is 0 Å². The molecule has 0 aromatic heterocycles. The van der Waals surface area contributed by atoms with Crippen molar-refractivity contribution < 1.29 is 15.3 Å². The third-order valence-electron chi connectivity index (χ3n) is 9.09. The van der Waals surface area contributed by atoms with Crippen LogP contribution in [0, 0.1) is 23.2 Å². The summed E-state index contributed by atoms with van der Waals surface area (Å²) in [6, 6.07) is 0. The fraction of sp³-hybridized carbons (Fsp3) is 0.667. The number of allylic oxidation sites excluding steroid dienone is 6. The van der Waals surface area contributed by atoms with E-state index in [1.54, 1.807) is 0 Å². The van der Waals surface area contributed by atoms with Crippen molar-refractivity contribution in [3.05, 3.63) is 59.8 Å². The predicted molar refractivity (Wildman–Crippen MR) is 138 cm³/mol. The number of fused-ring (bicyclic) bond motifs is 1. The van der Waals surface area contributed by atoms with Crippen LogP contribution in [0.2, 0.25) is 0 Å². The van der Waals surface area contributed by atoms with Crippen LogP contribution in [0.15, 0.2) is 59.8 Å². The highest BCUT2D eigenvalue weighted by Crippen LogP contribution is 2.59. The van der Waals surface area contributed by atoms with Crippen LogP contribution >= 0.6 is 0 Å². The zero-order valence-electron chi connectivity index (χ0n) is 21.3. The van der Waals surface area contributed by atoms with Crippen LogP contribution in [0.1, 0.15) is 85.5 Å². The Morgan fingerprint density at radius 1 is 1.15 bits per heavy atom. The number of hydrogen-bond donors (Lipinski definition) is 3. The van der Waals surface area contributed by atoms with Gasteiger partial charge in [0.1, 0.15) is 0 Å². The van der Waals surface area contributed by atoms with E-state index in [4.69, 9.17) is 0 Å². The molecule has 0 radical (unpaired) electrons. The van der Waals surface area contributed by atoms with Crippen molar-refractivity contribution in [3.63, 3.8) is 0 Å². The molecule has 3 aliphatic carbocycles. The summed E-state index contributed by atoms with van der Waals surface area (Å²) in [4.78, 5) is 0. The Kier molecular flexibility index (Phi) is 8.64. The maximum atomic E-state index is 10.5. The summed E-state index contributed by atoms with van der Waals surface area (Å²) in [5.74, 6) is 1.77. The van der Waals surface area contributed by atoms with Gasteiger partial charge in [0.05, 0.1) is 17.8 Å². The molecule has 6 atom stereocenters. The van der Waals surface area contributed by atoms with Gasteiger partial charge < -0.3 is 15.3 Å². The van der Waals surface area contributed by atoms with Crippen LogP contribution < -0.4 is 0 Å². The van der Waals surface area contributed by atoms with Gasteiger partial charge in [0.2, 0.25) is 0 Å². The third kappa shape index (κ3) is 5.81. The predicted octanol–water partition coefficient (Wildman–Crippen LogP) is 6.43. The Morgan fingerprint density at radius 3 is 2.58 bits per heavy atom. The van der Waals surface area contributed by atoms with Crippen molar-refractivity contribution in [2.75, 3.05) is 0 Å². The summed E-state index contributed by atoms with van der Waals surface area (Å²) in [5, 5.41) is 30.7. The van der Waals surface area contributed by atoms with Gasteiger partial charge in [-0.05, 0) is 85.7 Å². The number of rotatable bonds is 7. The Morgan fingerprint density at radius 2 is 1.88 bits per heavy atom. The molecule has 0 amide bonds. The first kappa shape index (κ1) is 26.2. The third-order valence-corrected chi connectivity index (χ3v) is 9.09. The molecule has 0 heterocycles. The molecule has 0 bridgehead atoms. The molecular formula is C30H46O3. The minimum absolute atomic E-state index is 0.312. The van der Waals surface area contributed by atoms with Crippen LogP contribution in [0.25, 0.3) is 0 Å². The molecular weight excluding hydrogens is 408 g/mol.